The first-order chi connectivity index (χ1) is 9.37. The maximum atomic E-state index is 9.85. The highest BCUT2D eigenvalue weighted by Gasteiger charge is 2.23. The van der Waals surface area contributed by atoms with Crippen molar-refractivity contribution in [3.05, 3.63) is 6.07 Å². The Bertz CT molecular complexity index is 453. The second-order valence-electron chi connectivity index (χ2n) is 5.70. The second kappa shape index (κ2) is 5.80. The number of methoxy groups -OCH3 is 1. The van der Waals surface area contributed by atoms with E-state index in [-0.39, 0.29) is 5.95 Å². The number of nitrogen functional groups attached to an aromatic ring is 1. The molecule has 0 atom stereocenters. The van der Waals surface area contributed by atoms with E-state index in [0.29, 0.717) is 12.4 Å². The fourth-order valence-corrected chi connectivity index (χ4v) is 2.38. The van der Waals surface area contributed by atoms with E-state index in [0.717, 1.165) is 32.0 Å². The van der Waals surface area contributed by atoms with Gasteiger partial charge < -0.3 is 20.5 Å². The van der Waals surface area contributed by atoms with Crippen molar-refractivity contribution in [1.82, 2.24) is 14.9 Å². The molecule has 1 aromatic rings. The lowest BCUT2D eigenvalue weighted by atomic mass is 10.1. The Kier molecular flexibility index (Phi) is 4.29. The van der Waals surface area contributed by atoms with Crippen LogP contribution >= 0.6 is 0 Å². The van der Waals surface area contributed by atoms with Gasteiger partial charge in [0.05, 0.1) is 12.7 Å². The Balaban J connectivity index is 1.98. The number of nitrogens with zero attached hydrogens (tertiary/aromatic N) is 4. The molecule has 0 aromatic carbocycles. The van der Waals surface area contributed by atoms with Gasteiger partial charge in [0, 0.05) is 38.8 Å². The van der Waals surface area contributed by atoms with E-state index in [1.54, 1.807) is 13.2 Å². The van der Waals surface area contributed by atoms with E-state index >= 15 is 0 Å². The van der Waals surface area contributed by atoms with Crippen LogP contribution in [0.25, 0.3) is 0 Å². The van der Waals surface area contributed by atoms with Crippen molar-refractivity contribution in [2.45, 2.75) is 19.4 Å². The van der Waals surface area contributed by atoms with Crippen LogP contribution < -0.4 is 15.4 Å². The monoisotopic (exact) mass is 281 g/mol. The maximum absolute atomic E-state index is 9.85. The summed E-state index contributed by atoms with van der Waals surface area (Å²) < 4.78 is 5.11. The van der Waals surface area contributed by atoms with Gasteiger partial charge in [-0.1, -0.05) is 0 Å². The third-order valence-electron chi connectivity index (χ3n) is 3.22. The van der Waals surface area contributed by atoms with Crippen LogP contribution in [-0.2, 0) is 0 Å². The van der Waals surface area contributed by atoms with Crippen LogP contribution in [0.4, 0.5) is 11.8 Å². The molecule has 1 aliphatic heterocycles. The zero-order chi connectivity index (χ0) is 14.8. The van der Waals surface area contributed by atoms with Crippen LogP contribution in [0.3, 0.4) is 0 Å². The Hall–Kier alpha value is -1.60. The lowest BCUT2D eigenvalue weighted by Crippen LogP contribution is -2.50. The second-order valence-corrected chi connectivity index (χ2v) is 5.70. The number of ether oxygens (including phenoxy) is 1. The summed E-state index contributed by atoms with van der Waals surface area (Å²) in [6.07, 6.45) is 0. The van der Waals surface area contributed by atoms with Crippen molar-refractivity contribution >= 4 is 11.8 Å². The number of piperazine rings is 1. The summed E-state index contributed by atoms with van der Waals surface area (Å²) in [5.74, 6) is 1.49. The molecule has 1 fully saturated rings. The molecule has 1 aromatic heterocycles. The van der Waals surface area contributed by atoms with Crippen molar-refractivity contribution in [3.63, 3.8) is 0 Å². The van der Waals surface area contributed by atoms with Crippen molar-refractivity contribution in [3.8, 4) is 5.88 Å². The number of rotatable bonds is 4. The quantitative estimate of drug-likeness (QED) is 0.800. The summed E-state index contributed by atoms with van der Waals surface area (Å²) in [5.41, 5.74) is 5.02. The van der Waals surface area contributed by atoms with Crippen molar-refractivity contribution in [2.75, 3.05) is 50.5 Å². The van der Waals surface area contributed by atoms with Crippen LogP contribution in [-0.4, -0.2) is 65.4 Å². The van der Waals surface area contributed by atoms with E-state index in [4.69, 9.17) is 10.5 Å². The van der Waals surface area contributed by atoms with Gasteiger partial charge in [-0.2, -0.15) is 9.97 Å². The Morgan fingerprint density at radius 2 is 1.95 bits per heavy atom. The molecule has 0 amide bonds. The van der Waals surface area contributed by atoms with Gasteiger partial charge in [-0.05, 0) is 13.8 Å². The maximum Gasteiger partial charge on any atom is 0.225 e. The fraction of sp³-hybridized carbons (Fsp3) is 0.692. The van der Waals surface area contributed by atoms with Gasteiger partial charge in [0.1, 0.15) is 5.82 Å². The fourth-order valence-electron chi connectivity index (χ4n) is 2.38. The molecule has 0 bridgehead atoms. The minimum atomic E-state index is -0.662. The molecule has 1 aliphatic rings. The van der Waals surface area contributed by atoms with Crippen molar-refractivity contribution < 1.29 is 9.84 Å². The molecule has 0 radical (unpaired) electrons. The van der Waals surface area contributed by atoms with Gasteiger partial charge in [0.15, 0.2) is 0 Å². The highest BCUT2D eigenvalue weighted by Crippen LogP contribution is 2.20. The van der Waals surface area contributed by atoms with Crippen LogP contribution in [0.15, 0.2) is 6.07 Å². The molecule has 1 saturated heterocycles. The number of nitrogens with two attached hydrogens (primary N) is 1. The molecule has 2 rings (SSSR count). The largest absolute Gasteiger partial charge is 0.481 e. The van der Waals surface area contributed by atoms with Crippen LogP contribution in [0.5, 0.6) is 5.88 Å². The SMILES string of the molecule is COc1cc(N2CCN(CC(C)(C)O)CC2)nc(N)n1. The molecule has 0 spiro atoms. The van der Waals surface area contributed by atoms with E-state index in [2.05, 4.69) is 19.8 Å². The predicted molar refractivity (Wildman–Crippen MR) is 77.9 cm³/mol. The topological polar surface area (TPSA) is 87.7 Å². The van der Waals surface area contributed by atoms with Gasteiger partial charge in [0.2, 0.25) is 11.8 Å². The number of aliphatic hydroxyl groups is 1. The number of hydrogen-bond donors (Lipinski definition) is 2. The Morgan fingerprint density at radius 3 is 2.50 bits per heavy atom. The third-order valence-corrected chi connectivity index (χ3v) is 3.22. The third kappa shape index (κ3) is 3.94. The summed E-state index contributed by atoms with van der Waals surface area (Å²) in [4.78, 5) is 12.6. The van der Waals surface area contributed by atoms with Crippen molar-refractivity contribution in [1.29, 1.82) is 0 Å². The predicted octanol–water partition coefficient (Wildman–Crippen LogP) is -0.0397. The molecular weight excluding hydrogens is 258 g/mol. The molecule has 2 heterocycles. The average molecular weight is 281 g/mol. The zero-order valence-corrected chi connectivity index (χ0v) is 12.3. The minimum Gasteiger partial charge on any atom is -0.481 e. The standard InChI is InChI=1S/C13H23N5O2/c1-13(2,19)9-17-4-6-18(7-5-17)10-8-11(20-3)16-12(14)15-10/h8,19H,4-7,9H2,1-3H3,(H2,14,15,16). The highest BCUT2D eigenvalue weighted by molar-refractivity contribution is 5.45. The first-order valence-electron chi connectivity index (χ1n) is 6.75. The van der Waals surface area contributed by atoms with Crippen LogP contribution in [0, 0.1) is 0 Å². The van der Waals surface area contributed by atoms with E-state index in [9.17, 15) is 5.11 Å². The van der Waals surface area contributed by atoms with Gasteiger partial charge in [-0.25, -0.2) is 0 Å². The van der Waals surface area contributed by atoms with Gasteiger partial charge in [0.25, 0.3) is 0 Å². The lowest BCUT2D eigenvalue weighted by molar-refractivity contribution is 0.0344. The normalized spacial score (nSPS) is 17.3. The summed E-state index contributed by atoms with van der Waals surface area (Å²) in [6.45, 7) is 7.79. The number of aromatic nitrogens is 2. The molecule has 0 aliphatic carbocycles. The molecule has 7 heteroatoms. The number of β-amino-alcohol motifs (C(OH)–C–C–N with tert-alkyl or cyclic N) is 1. The Morgan fingerprint density at radius 1 is 1.30 bits per heavy atom. The molecule has 7 nitrogen and oxygen atoms in total. The van der Waals surface area contributed by atoms with Crippen LogP contribution in [0.1, 0.15) is 13.8 Å². The highest BCUT2D eigenvalue weighted by atomic mass is 16.5. The van der Waals surface area contributed by atoms with Gasteiger partial charge >= 0.3 is 0 Å². The lowest BCUT2D eigenvalue weighted by Gasteiger charge is -2.37. The van der Waals surface area contributed by atoms with E-state index in [1.807, 2.05) is 13.8 Å². The summed E-state index contributed by atoms with van der Waals surface area (Å²) in [6, 6.07) is 1.79. The van der Waals surface area contributed by atoms with Crippen molar-refractivity contribution in [2.24, 2.45) is 0 Å². The smallest absolute Gasteiger partial charge is 0.225 e. The molecule has 0 saturated carbocycles. The molecule has 20 heavy (non-hydrogen) atoms. The number of hydrogen-bond acceptors (Lipinski definition) is 7. The van der Waals surface area contributed by atoms with E-state index in [1.165, 1.54) is 0 Å². The zero-order valence-electron chi connectivity index (χ0n) is 12.3. The summed E-state index contributed by atoms with van der Waals surface area (Å²) in [5, 5.41) is 9.85. The Labute approximate surface area is 119 Å². The molecule has 3 N–H and O–H groups in total. The van der Waals surface area contributed by atoms with Gasteiger partial charge in [-0.15, -0.1) is 0 Å². The molecule has 112 valence electrons. The summed E-state index contributed by atoms with van der Waals surface area (Å²) >= 11 is 0. The summed E-state index contributed by atoms with van der Waals surface area (Å²) in [7, 11) is 1.56. The molecular formula is C13H23N5O2. The van der Waals surface area contributed by atoms with E-state index < -0.39 is 5.60 Å². The first kappa shape index (κ1) is 14.8. The average Bonchev–Trinajstić information content (AvgIpc) is 2.37. The van der Waals surface area contributed by atoms with Crippen LogP contribution in [0.2, 0.25) is 0 Å². The molecule has 0 unspecified atom stereocenters. The minimum absolute atomic E-state index is 0.221. The van der Waals surface area contributed by atoms with Gasteiger partial charge in [-0.3, -0.25) is 4.90 Å². The first-order valence-corrected chi connectivity index (χ1v) is 6.75. The number of anilines is 2.